The van der Waals surface area contributed by atoms with E-state index in [1.54, 1.807) is 0 Å². The molecule has 0 amide bonds. The average molecular weight is 1980 g/mol. The zero-order chi connectivity index (χ0) is 105. The predicted molar refractivity (Wildman–Crippen MR) is 600 cm³/mol. The van der Waals surface area contributed by atoms with Gasteiger partial charge >= 0.3 is 0 Å². The van der Waals surface area contributed by atoms with Crippen LogP contribution in [0.1, 0.15) is 225 Å². The minimum atomic E-state index is 0.143. The molecule has 756 valence electrons. The van der Waals surface area contributed by atoms with Crippen molar-refractivity contribution in [1.82, 2.24) is 0 Å². The Labute approximate surface area is 893 Å². The summed E-state index contributed by atoms with van der Waals surface area (Å²) in [5.41, 5.74) is 39.2. The third-order valence-electron chi connectivity index (χ3n) is 28.2. The molecule has 0 saturated carbocycles. The Hall–Kier alpha value is -14.9. The number of hydrogen-bond donors (Lipinski definition) is 0. The fraction of sp³-hybridized carbons (Fsp3) is 0.304. The molecule has 0 atom stereocenters. The van der Waals surface area contributed by atoms with Gasteiger partial charge in [0.05, 0.1) is 0 Å². The van der Waals surface area contributed by atoms with Crippen LogP contribution in [-0.4, -0.2) is 0 Å². The molecule has 0 saturated heterocycles. The normalized spacial score (nSPS) is 13.2. The van der Waals surface area contributed by atoms with E-state index in [4.69, 9.17) is 0 Å². The highest BCUT2D eigenvalue weighted by atomic mass is 15.0. The van der Waals surface area contributed by atoms with Crippen molar-refractivity contribution >= 4 is 0 Å². The van der Waals surface area contributed by atoms with E-state index in [1.165, 1.54) is 167 Å². The van der Waals surface area contributed by atoms with Gasteiger partial charge in [-0.15, -0.1) is 0 Å². The second kappa shape index (κ2) is 44.5. The number of benzene rings is 6. The van der Waals surface area contributed by atoms with Crippen LogP contribution in [0.2, 0.25) is 0 Å². The Morgan fingerprint density at radius 2 is 0.193 bits per heavy atom. The summed E-state index contributed by atoms with van der Waals surface area (Å²) < 4.78 is 27.9. The molecule has 150 heavy (non-hydrogen) atoms. The lowest BCUT2D eigenvalue weighted by Crippen LogP contribution is -2.35. The van der Waals surface area contributed by atoms with Crippen LogP contribution < -0.4 is 54.8 Å². The highest BCUT2D eigenvalue weighted by molar-refractivity contribution is 5.65. The Balaban J connectivity index is 0.565. The molecule has 12 nitrogen and oxygen atoms in total. The highest BCUT2D eigenvalue weighted by Crippen LogP contribution is 2.33. The Bertz CT molecular complexity index is 6110. The first-order chi connectivity index (χ1) is 71.7. The third kappa shape index (κ3) is 29.8. The maximum atomic E-state index is 2.43. The molecule has 0 aliphatic carbocycles. The van der Waals surface area contributed by atoms with Gasteiger partial charge in [-0.2, -0.15) is 0 Å². The molecule has 12 heteroatoms. The van der Waals surface area contributed by atoms with Crippen molar-refractivity contribution in [2.45, 2.75) is 242 Å². The highest BCUT2D eigenvalue weighted by Gasteiger charge is 2.27. The first kappa shape index (κ1) is 104. The summed E-state index contributed by atoms with van der Waals surface area (Å²) in [6, 6.07) is 98.0. The van der Waals surface area contributed by atoms with Crippen LogP contribution in [0.4, 0.5) is 0 Å². The molecular formula is C138H156N12+12. The zero-order valence-electron chi connectivity index (χ0n) is 92.2. The summed E-state index contributed by atoms with van der Waals surface area (Å²) in [6.07, 6.45) is 59.8. The van der Waals surface area contributed by atoms with Gasteiger partial charge in [-0.05, 0) is 280 Å². The van der Waals surface area contributed by atoms with Crippen molar-refractivity contribution in [1.29, 1.82) is 0 Å². The van der Waals surface area contributed by atoms with Crippen molar-refractivity contribution in [2.24, 2.45) is 32.5 Å². The molecule has 31 heterocycles. The molecule has 37 rings (SSSR count). The first-order valence-corrected chi connectivity index (χ1v) is 54.3. The van der Waals surface area contributed by atoms with Crippen LogP contribution in [0.25, 0.3) is 66.8 Å². The molecule has 0 unspecified atom stereocenters. The summed E-state index contributed by atoms with van der Waals surface area (Å²) in [6.45, 7) is 51.6. The van der Waals surface area contributed by atoms with E-state index in [0.717, 1.165) is 117 Å². The molecule has 19 aliphatic rings. The lowest BCUT2D eigenvalue weighted by molar-refractivity contribution is -0.689. The second-order valence-electron chi connectivity index (χ2n) is 50.5. The molecule has 0 radical (unpaired) electrons. The zero-order valence-corrected chi connectivity index (χ0v) is 92.2. The van der Waals surface area contributed by atoms with E-state index >= 15 is 0 Å². The Morgan fingerprint density at radius 1 is 0.120 bits per heavy atom. The fourth-order valence-corrected chi connectivity index (χ4v) is 22.0. The van der Waals surface area contributed by atoms with Crippen LogP contribution in [0.3, 0.4) is 0 Å². The number of aromatic nitrogens is 12. The SMILES string of the molecule is CC(C)(C)Cc1cc2cc(c1)C[n+]1ccc(cc1)-c1cc[n+](cc1)Cc1cc(cc(CC(C)(C)C)c1)C[n+]1ccc(cc1)-c1cc[n+](cc1)Cc1cc(cc(CC(C)(C)C)c1)C[n+]1ccc(cc1)-c1cc[n+](cc1)Cc1cc(cc(CC(C)(C)C)c1)C[n+]1ccc(cc1)-c1cc[n+](cc1)Cc1cc(cc(CC(C)(C)C)c1)C[n+]1ccc(cc1)-c1cc[n+](cc1)Cc1cc(cc(CC(C)(C)C)c1)C[n+]1ccc(cc1)-c1cc[n+](cc1)C2. The van der Waals surface area contributed by atoms with E-state index in [0.29, 0.717) is 0 Å². The number of pyridine rings is 12. The molecule has 6 aromatic carbocycles. The molecule has 0 fully saturated rings. The van der Waals surface area contributed by atoms with Crippen LogP contribution in [0, 0.1) is 32.5 Å². The van der Waals surface area contributed by atoms with Crippen LogP contribution in [0.15, 0.2) is 404 Å². The van der Waals surface area contributed by atoms with Gasteiger partial charge < -0.3 is 0 Å². The van der Waals surface area contributed by atoms with Crippen molar-refractivity contribution in [3.8, 4) is 66.8 Å². The topological polar surface area (TPSA) is 46.6 Å². The van der Waals surface area contributed by atoms with Gasteiger partial charge in [-0.25, -0.2) is 54.8 Å². The predicted octanol–water partition coefficient (Wildman–Crippen LogP) is 23.6. The summed E-state index contributed by atoms with van der Waals surface area (Å²) in [7, 11) is 0. The largest absolute Gasteiger partial charge is 0.201 e. The van der Waals surface area contributed by atoms with Crippen molar-refractivity contribution in [2.75, 3.05) is 0 Å². The Kier molecular flexibility index (Phi) is 30.8. The van der Waals surface area contributed by atoms with Crippen LogP contribution in [-0.2, 0) is 117 Å². The number of hydrogen-bond acceptors (Lipinski definition) is 0. The van der Waals surface area contributed by atoms with E-state index in [-0.39, 0.29) is 32.5 Å². The van der Waals surface area contributed by atoms with Crippen LogP contribution in [0.5, 0.6) is 0 Å². The van der Waals surface area contributed by atoms with Crippen molar-refractivity contribution in [3.63, 3.8) is 0 Å². The fourth-order valence-electron chi connectivity index (χ4n) is 22.0. The van der Waals surface area contributed by atoms with Gasteiger partial charge in [0.2, 0.25) is 0 Å². The Morgan fingerprint density at radius 3 is 0.260 bits per heavy atom. The quantitative estimate of drug-likeness (QED) is 0.149. The molecular weight excluding hydrogens is 1830 g/mol. The standard InChI is InChI=1S/C138H156N12/c1-133(2,3)85-103-67-109-79-110(68-103)92-140-45-21-122(22-46-140)124-25-49-142(50-26-124)94-112-70-105(87-135(7,8)9)72-114(81-112)96-144-53-29-126(30-54-144)128-33-57-146(58-34-128)98-116-74-107(89-137(13,14)15)76-118(83-116)100-148-61-37-130(38-62-148)132-41-65-150(66-42-132)102-120-78-108(90-138(16,17)18)77-119(84-120)101-149-63-39-131(40-64-149)129-35-59-147(60-36-129)99-117-75-106(88-136(10,11)12)73-115(82-117)97-145-55-31-127(32-56-145)125-27-51-143(52-28-125)95-113-71-104(86-134(4,5)6)69-111(80-113)93-141-47-23-123(24-48-141)121-19-43-139(91-109)44-20-121/h19-84H,85-102H2,1-18H3/q+12. The van der Waals surface area contributed by atoms with Gasteiger partial charge in [-0.3, -0.25) is 0 Å². The summed E-state index contributed by atoms with van der Waals surface area (Å²) in [5, 5.41) is 0. The van der Waals surface area contributed by atoms with E-state index in [9.17, 15) is 0 Å². The summed E-state index contributed by atoms with van der Waals surface area (Å²) >= 11 is 0. The maximum absolute atomic E-state index is 2.43. The first-order valence-electron chi connectivity index (χ1n) is 54.3. The van der Waals surface area contributed by atoms with E-state index in [2.05, 4.69) is 583 Å². The summed E-state index contributed by atoms with van der Waals surface area (Å²) in [5.74, 6) is 0. The molecule has 0 N–H and O–H groups in total. The molecule has 12 aromatic heterocycles. The van der Waals surface area contributed by atoms with Gasteiger partial charge in [0.1, 0.15) is 0 Å². The second-order valence-corrected chi connectivity index (χ2v) is 50.5. The van der Waals surface area contributed by atoms with Gasteiger partial charge in [0.25, 0.3) is 0 Å². The van der Waals surface area contributed by atoms with E-state index < -0.39 is 0 Å². The molecule has 19 aliphatic heterocycles. The number of rotatable bonds is 6. The van der Waals surface area contributed by atoms with E-state index in [1.807, 2.05) is 0 Å². The lowest BCUT2D eigenvalue weighted by atomic mass is 9.87. The summed E-state index contributed by atoms with van der Waals surface area (Å²) in [4.78, 5) is 0. The molecule has 18 aromatic rings. The third-order valence-corrected chi connectivity index (χ3v) is 28.2. The lowest BCUT2D eigenvalue weighted by Gasteiger charge is -2.19. The molecule has 0 spiro atoms. The van der Waals surface area contributed by atoms with Gasteiger partial charge in [0.15, 0.2) is 227 Å². The van der Waals surface area contributed by atoms with Crippen molar-refractivity contribution in [3.05, 3.63) is 504 Å². The van der Waals surface area contributed by atoms with Crippen LogP contribution >= 0.6 is 0 Å². The van der Waals surface area contributed by atoms with Gasteiger partial charge in [0, 0.05) is 212 Å². The van der Waals surface area contributed by atoms with Gasteiger partial charge in [-0.1, -0.05) is 125 Å². The smallest absolute Gasteiger partial charge is 0.173 e. The molecule has 36 bridgehead atoms. The monoisotopic (exact) mass is 1980 g/mol. The maximum Gasteiger partial charge on any atom is 0.173 e. The number of nitrogens with zero attached hydrogens (tertiary/aromatic N) is 12. The minimum Gasteiger partial charge on any atom is -0.201 e. The van der Waals surface area contributed by atoms with Crippen molar-refractivity contribution < 1.29 is 54.8 Å². The average Bonchev–Trinajstić information content (AvgIpc) is 0.828. The minimum absolute atomic E-state index is 0.143.